The first-order valence-corrected chi connectivity index (χ1v) is 5.30. The van der Waals surface area contributed by atoms with E-state index in [4.69, 9.17) is 0 Å². The maximum Gasteiger partial charge on any atom is -0.412 e. The fraction of sp³-hybridized carbons (Fsp3) is 1.00. The Kier molecular flexibility index (Phi) is 16.2. The molecule has 0 aliphatic heterocycles. The van der Waals surface area contributed by atoms with E-state index in [2.05, 4.69) is 6.92 Å². The molecule has 9 heavy (non-hydrogen) atoms. The van der Waals surface area contributed by atoms with Gasteiger partial charge in [0.2, 0.25) is 0 Å². The topological polar surface area (TPSA) is 31.5 Å². The fourth-order valence-electron chi connectivity index (χ4n) is 0.729. The first-order chi connectivity index (χ1) is 3.91. The zero-order valence-electron chi connectivity index (χ0n) is 6.24. The zero-order chi connectivity index (χ0) is 6.24. The van der Waals surface area contributed by atoms with Gasteiger partial charge in [-0.3, -0.25) is 0 Å². The Morgan fingerprint density at radius 1 is 1.00 bits per heavy atom. The molecule has 0 aromatic heterocycles. The molecule has 2 N–H and O–H groups in total. The second-order valence-corrected chi connectivity index (χ2v) is 3.39. The van der Waals surface area contributed by atoms with Crippen molar-refractivity contribution in [3.63, 3.8) is 0 Å². The smallest absolute Gasteiger partial charge is 0.412 e. The molecular formula is C7H17OZr. The Labute approximate surface area is 73.4 Å². The van der Waals surface area contributed by atoms with Crippen molar-refractivity contribution in [2.24, 2.45) is 0 Å². The fourth-order valence-corrected chi connectivity index (χ4v) is 1.34. The van der Waals surface area contributed by atoms with Crippen LogP contribution < -0.4 is 0 Å². The van der Waals surface area contributed by atoms with E-state index in [1.807, 2.05) is 0 Å². The molecule has 0 bridgehead atoms. The minimum absolute atomic E-state index is 0. The van der Waals surface area contributed by atoms with Crippen molar-refractivity contribution in [2.45, 2.75) is 43.2 Å². The molecule has 0 aromatic carbocycles. The summed E-state index contributed by atoms with van der Waals surface area (Å²) in [6, 6.07) is 0. The second-order valence-electron chi connectivity index (χ2n) is 2.16. The Morgan fingerprint density at radius 3 is 2.00 bits per heavy atom. The molecule has 0 radical (unpaired) electrons. The van der Waals surface area contributed by atoms with E-state index in [0.29, 0.717) is 0 Å². The standard InChI is InChI=1S/C7H15.H2O.Zr/c1-3-5-7-6-4-2;;/h1,3-7H2,2H3;1H2;. The molecule has 0 amide bonds. The first kappa shape index (κ1) is 12.5. The quantitative estimate of drug-likeness (QED) is 0.620. The molecule has 0 unspecified atom stereocenters. The van der Waals surface area contributed by atoms with Gasteiger partial charge in [0.15, 0.2) is 0 Å². The van der Waals surface area contributed by atoms with E-state index in [0.717, 1.165) is 0 Å². The number of unbranched alkanes of at least 4 members (excludes halogenated alkanes) is 4. The maximum absolute atomic E-state index is 2.26. The predicted octanol–water partition coefficient (Wildman–Crippen LogP) is 2.10. The van der Waals surface area contributed by atoms with Crippen LogP contribution in [-0.4, -0.2) is 5.48 Å². The third-order valence-corrected chi connectivity index (χ3v) is 2.15. The van der Waals surface area contributed by atoms with Crippen molar-refractivity contribution in [3.05, 3.63) is 0 Å². The average Bonchev–Trinajstić information content (AvgIpc) is 1.81. The summed E-state index contributed by atoms with van der Waals surface area (Å²) in [6.45, 7) is 2.26. The largest absolute Gasteiger partial charge is 0.412 e. The Balaban J connectivity index is 0. The maximum atomic E-state index is 2.26. The van der Waals surface area contributed by atoms with Crippen molar-refractivity contribution < 1.29 is 30.2 Å². The Hall–Kier alpha value is 0.843. The van der Waals surface area contributed by atoms with Crippen LogP contribution in [0.2, 0.25) is 4.13 Å². The van der Waals surface area contributed by atoms with Gasteiger partial charge in [-0.05, 0) is 0 Å². The van der Waals surface area contributed by atoms with E-state index < -0.39 is 0 Å². The summed E-state index contributed by atoms with van der Waals surface area (Å²) in [5.41, 5.74) is 0. The van der Waals surface area contributed by atoms with Crippen LogP contribution in [0, 0.1) is 0 Å². The predicted molar refractivity (Wildman–Crippen MR) is 37.2 cm³/mol. The monoisotopic (exact) mass is 207 g/mol. The minimum Gasteiger partial charge on any atom is -0.412 e. The molecule has 0 aliphatic rings. The van der Waals surface area contributed by atoms with Gasteiger partial charge >= 0.3 is 67.9 Å². The number of hydrogen-bond donors (Lipinski definition) is 0. The summed E-state index contributed by atoms with van der Waals surface area (Å²) in [5, 5.41) is 0. The third kappa shape index (κ3) is 12.1. The Morgan fingerprint density at radius 2 is 1.56 bits per heavy atom. The van der Waals surface area contributed by atoms with Crippen LogP contribution in [0.1, 0.15) is 39.0 Å². The van der Waals surface area contributed by atoms with Gasteiger partial charge in [-0.1, -0.05) is 0 Å². The summed E-state index contributed by atoms with van der Waals surface area (Å²) < 4.78 is 1.45. The van der Waals surface area contributed by atoms with Crippen LogP contribution in [0.25, 0.3) is 0 Å². The van der Waals surface area contributed by atoms with E-state index in [9.17, 15) is 0 Å². The molecule has 0 spiro atoms. The third-order valence-electron chi connectivity index (χ3n) is 1.28. The molecule has 55 valence electrons. The van der Waals surface area contributed by atoms with Gasteiger partial charge in [0, 0.05) is 0 Å². The molecule has 0 fully saturated rings. The van der Waals surface area contributed by atoms with Crippen LogP contribution in [0.4, 0.5) is 0 Å². The molecule has 0 aliphatic carbocycles. The van der Waals surface area contributed by atoms with Crippen LogP contribution in [0.3, 0.4) is 0 Å². The van der Waals surface area contributed by atoms with Crippen molar-refractivity contribution in [3.8, 4) is 0 Å². The van der Waals surface area contributed by atoms with E-state index in [-0.39, 0.29) is 5.48 Å². The molecule has 0 rings (SSSR count). The molecule has 1 nitrogen and oxygen atoms in total. The van der Waals surface area contributed by atoms with Crippen molar-refractivity contribution in [1.29, 1.82) is 0 Å². The van der Waals surface area contributed by atoms with Gasteiger partial charge in [0.05, 0.1) is 0 Å². The molecule has 0 saturated heterocycles. The summed E-state index contributed by atoms with van der Waals surface area (Å²) in [4.78, 5) is 0. The van der Waals surface area contributed by atoms with Crippen molar-refractivity contribution >= 4 is 0 Å². The molecule has 0 atom stereocenters. The normalized spacial score (nSPS) is 8.44. The second kappa shape index (κ2) is 11.6. The first-order valence-electron chi connectivity index (χ1n) is 3.56. The number of rotatable bonds is 5. The molecule has 2 heteroatoms. The van der Waals surface area contributed by atoms with Gasteiger partial charge in [-0.15, -0.1) is 0 Å². The van der Waals surface area contributed by atoms with Gasteiger partial charge in [0.25, 0.3) is 0 Å². The molecular weight excluding hydrogens is 191 g/mol. The summed E-state index contributed by atoms with van der Waals surface area (Å²) in [5.74, 6) is 0. The van der Waals surface area contributed by atoms with Gasteiger partial charge in [-0.25, -0.2) is 0 Å². The van der Waals surface area contributed by atoms with E-state index >= 15 is 0 Å². The zero-order valence-corrected chi connectivity index (χ0v) is 8.70. The summed E-state index contributed by atoms with van der Waals surface area (Å²) >= 11 is 1.71. The minimum atomic E-state index is 0. The van der Waals surface area contributed by atoms with Crippen LogP contribution in [-0.2, 0) is 24.7 Å². The molecule has 0 heterocycles. The SMILES string of the molecule is CCCCCC[CH2][Zr].O. The van der Waals surface area contributed by atoms with Gasteiger partial charge < -0.3 is 5.48 Å². The van der Waals surface area contributed by atoms with Gasteiger partial charge in [-0.2, -0.15) is 0 Å². The summed E-state index contributed by atoms with van der Waals surface area (Å²) in [7, 11) is 0. The van der Waals surface area contributed by atoms with Crippen LogP contribution >= 0.6 is 0 Å². The van der Waals surface area contributed by atoms with Crippen molar-refractivity contribution in [1.82, 2.24) is 0 Å². The molecule has 0 saturated carbocycles. The Bertz CT molecular complexity index is 33.9. The van der Waals surface area contributed by atoms with E-state index in [1.165, 1.54) is 36.2 Å². The summed E-state index contributed by atoms with van der Waals surface area (Å²) in [6.07, 6.45) is 7.22. The van der Waals surface area contributed by atoms with E-state index in [1.54, 1.807) is 24.7 Å². The number of hydrogen-bond acceptors (Lipinski definition) is 0. The van der Waals surface area contributed by atoms with Crippen LogP contribution in [0.15, 0.2) is 0 Å². The average molecular weight is 208 g/mol. The van der Waals surface area contributed by atoms with Gasteiger partial charge in [0.1, 0.15) is 0 Å². The van der Waals surface area contributed by atoms with Crippen LogP contribution in [0.5, 0.6) is 0 Å². The van der Waals surface area contributed by atoms with Crippen molar-refractivity contribution in [2.75, 3.05) is 0 Å². The molecule has 0 aromatic rings.